The second kappa shape index (κ2) is 11.9. The first-order valence-electron chi connectivity index (χ1n) is 10.6. The number of halogens is 1. The Morgan fingerprint density at radius 3 is 2.45 bits per heavy atom. The van der Waals surface area contributed by atoms with E-state index in [-0.39, 0.29) is 11.6 Å². The molecule has 0 fully saturated rings. The number of nitriles is 1. The van der Waals surface area contributed by atoms with Crippen molar-refractivity contribution in [3.05, 3.63) is 99.5 Å². The number of nitrogens with one attached hydrogen (secondary N) is 1. The van der Waals surface area contributed by atoms with Crippen LogP contribution >= 0.6 is 15.9 Å². The Morgan fingerprint density at radius 2 is 1.79 bits per heavy atom. The number of benzene rings is 3. The Labute approximate surface area is 202 Å². The molecule has 0 aromatic heterocycles. The van der Waals surface area contributed by atoms with E-state index in [1.165, 1.54) is 0 Å². The zero-order valence-electron chi connectivity index (χ0n) is 18.5. The van der Waals surface area contributed by atoms with E-state index in [0.29, 0.717) is 30.3 Å². The lowest BCUT2D eigenvalue weighted by Gasteiger charge is -2.14. The van der Waals surface area contributed by atoms with Crippen LogP contribution in [0.5, 0.6) is 11.5 Å². The molecule has 33 heavy (non-hydrogen) atoms. The third-order valence-corrected chi connectivity index (χ3v) is 5.43. The van der Waals surface area contributed by atoms with Gasteiger partial charge < -0.3 is 14.8 Å². The molecule has 0 aliphatic carbocycles. The Hall–Kier alpha value is -3.56. The van der Waals surface area contributed by atoms with Gasteiger partial charge in [-0.2, -0.15) is 5.26 Å². The quantitative estimate of drug-likeness (QED) is 0.277. The van der Waals surface area contributed by atoms with Crippen molar-refractivity contribution >= 4 is 27.9 Å². The molecule has 0 radical (unpaired) electrons. The van der Waals surface area contributed by atoms with Crippen molar-refractivity contribution in [2.75, 3.05) is 6.61 Å². The maximum Gasteiger partial charge on any atom is 0.262 e. The van der Waals surface area contributed by atoms with Gasteiger partial charge in [-0.25, -0.2) is 0 Å². The summed E-state index contributed by atoms with van der Waals surface area (Å²) >= 11 is 3.42. The summed E-state index contributed by atoms with van der Waals surface area (Å²) in [6, 6.07) is 24.6. The molecule has 6 heteroatoms. The van der Waals surface area contributed by atoms with Gasteiger partial charge in [0.05, 0.1) is 12.6 Å². The fraction of sp³-hybridized carbons (Fsp3) is 0.185. The van der Waals surface area contributed by atoms with E-state index in [0.717, 1.165) is 15.6 Å². The second-order valence-electron chi connectivity index (χ2n) is 7.33. The monoisotopic (exact) mass is 504 g/mol. The van der Waals surface area contributed by atoms with Crippen LogP contribution in [0.3, 0.4) is 0 Å². The third kappa shape index (κ3) is 6.96. The van der Waals surface area contributed by atoms with Gasteiger partial charge in [-0.3, -0.25) is 4.79 Å². The predicted octanol–water partition coefficient (Wildman–Crippen LogP) is 6.21. The molecular weight excluding hydrogens is 480 g/mol. The zero-order chi connectivity index (χ0) is 23.6. The van der Waals surface area contributed by atoms with Crippen molar-refractivity contribution in [3.8, 4) is 17.6 Å². The Kier molecular flexibility index (Phi) is 8.68. The summed E-state index contributed by atoms with van der Waals surface area (Å²) in [7, 11) is 0. The van der Waals surface area contributed by atoms with Crippen molar-refractivity contribution in [1.29, 1.82) is 5.26 Å². The number of ether oxygens (including phenoxy) is 2. The van der Waals surface area contributed by atoms with Crippen molar-refractivity contribution < 1.29 is 14.3 Å². The summed E-state index contributed by atoms with van der Waals surface area (Å²) in [5.74, 6) is 0.721. The Balaban J connectivity index is 1.74. The molecular formula is C27H25BrN2O3. The molecule has 5 nitrogen and oxygen atoms in total. The van der Waals surface area contributed by atoms with E-state index in [1.807, 2.05) is 74.5 Å². The van der Waals surface area contributed by atoms with Gasteiger partial charge in [-0.15, -0.1) is 0 Å². The molecule has 1 N–H and O–H groups in total. The van der Waals surface area contributed by atoms with E-state index >= 15 is 0 Å². The number of rotatable bonds is 9. The topological polar surface area (TPSA) is 71.3 Å². The van der Waals surface area contributed by atoms with Crippen LogP contribution < -0.4 is 14.8 Å². The molecule has 0 aliphatic heterocycles. The standard InChI is InChI=1S/C27H25BrN2O3/c1-3-32-26-16-21(11-14-25(26)33-18-20-9-12-24(28)13-10-20)15-23(17-29)27(31)30-19(2)22-7-5-4-6-8-22/h4-16,19H,3,18H2,1-2H3,(H,30,31)/b23-15+/t19-/m1/s1. The summed E-state index contributed by atoms with van der Waals surface area (Å²) in [4.78, 5) is 12.7. The maximum absolute atomic E-state index is 12.7. The van der Waals surface area contributed by atoms with E-state index < -0.39 is 5.91 Å². The minimum atomic E-state index is -0.428. The molecule has 3 aromatic carbocycles. The molecule has 168 valence electrons. The first-order valence-corrected chi connectivity index (χ1v) is 11.4. The van der Waals surface area contributed by atoms with Crippen LogP contribution in [0.4, 0.5) is 0 Å². The number of carbonyl (C=O) groups excluding carboxylic acids is 1. The van der Waals surface area contributed by atoms with Gasteiger partial charge in [-0.1, -0.05) is 64.5 Å². The molecule has 3 aromatic rings. The zero-order valence-corrected chi connectivity index (χ0v) is 20.1. The molecule has 0 spiro atoms. The molecule has 0 unspecified atom stereocenters. The van der Waals surface area contributed by atoms with Gasteiger partial charge >= 0.3 is 0 Å². The first-order chi connectivity index (χ1) is 16.0. The molecule has 1 atom stereocenters. The van der Waals surface area contributed by atoms with Gasteiger partial charge in [0.1, 0.15) is 18.2 Å². The third-order valence-electron chi connectivity index (χ3n) is 4.90. The van der Waals surface area contributed by atoms with Crippen molar-refractivity contribution in [2.45, 2.75) is 26.5 Å². The Morgan fingerprint density at radius 1 is 1.06 bits per heavy atom. The van der Waals surface area contributed by atoms with Crippen LogP contribution in [0.25, 0.3) is 6.08 Å². The maximum atomic E-state index is 12.7. The van der Waals surface area contributed by atoms with Crippen LogP contribution in [0.15, 0.2) is 82.8 Å². The number of hydrogen-bond donors (Lipinski definition) is 1. The Bertz CT molecular complexity index is 1150. The number of hydrogen-bond acceptors (Lipinski definition) is 4. The highest BCUT2D eigenvalue weighted by atomic mass is 79.9. The van der Waals surface area contributed by atoms with Crippen molar-refractivity contribution in [1.82, 2.24) is 5.32 Å². The summed E-state index contributed by atoms with van der Waals surface area (Å²) in [6.45, 7) is 4.63. The lowest BCUT2D eigenvalue weighted by molar-refractivity contribution is -0.117. The van der Waals surface area contributed by atoms with Crippen molar-refractivity contribution in [3.63, 3.8) is 0 Å². The predicted molar refractivity (Wildman–Crippen MR) is 133 cm³/mol. The fourth-order valence-electron chi connectivity index (χ4n) is 3.16. The second-order valence-corrected chi connectivity index (χ2v) is 8.25. The van der Waals surface area contributed by atoms with E-state index in [1.54, 1.807) is 24.3 Å². The van der Waals surface area contributed by atoms with E-state index in [2.05, 4.69) is 21.2 Å². The van der Waals surface area contributed by atoms with Crippen LogP contribution in [0.2, 0.25) is 0 Å². The van der Waals surface area contributed by atoms with Crippen LogP contribution in [0, 0.1) is 11.3 Å². The summed E-state index contributed by atoms with van der Waals surface area (Å²) in [6.07, 6.45) is 1.55. The fourth-order valence-corrected chi connectivity index (χ4v) is 3.42. The number of carbonyl (C=O) groups is 1. The van der Waals surface area contributed by atoms with E-state index in [9.17, 15) is 10.1 Å². The van der Waals surface area contributed by atoms with E-state index in [4.69, 9.17) is 9.47 Å². The van der Waals surface area contributed by atoms with Gasteiger partial charge in [-0.05, 0) is 60.9 Å². The van der Waals surface area contributed by atoms with Crippen LogP contribution in [-0.2, 0) is 11.4 Å². The highest BCUT2D eigenvalue weighted by Gasteiger charge is 2.14. The number of nitrogens with zero attached hydrogens (tertiary/aromatic N) is 1. The van der Waals surface area contributed by atoms with Gasteiger partial charge in [0.15, 0.2) is 11.5 Å². The van der Waals surface area contributed by atoms with Gasteiger partial charge in [0.2, 0.25) is 0 Å². The largest absolute Gasteiger partial charge is 0.490 e. The molecule has 0 aliphatic rings. The average molecular weight is 505 g/mol. The first kappa shape index (κ1) is 24.1. The highest BCUT2D eigenvalue weighted by Crippen LogP contribution is 2.30. The lowest BCUT2D eigenvalue weighted by Crippen LogP contribution is -2.27. The smallest absolute Gasteiger partial charge is 0.262 e. The molecule has 1 amide bonds. The van der Waals surface area contributed by atoms with Crippen LogP contribution in [-0.4, -0.2) is 12.5 Å². The normalized spacial score (nSPS) is 11.9. The molecule has 0 bridgehead atoms. The average Bonchev–Trinajstić information content (AvgIpc) is 2.83. The van der Waals surface area contributed by atoms with Crippen LogP contribution in [0.1, 0.15) is 36.6 Å². The summed E-state index contributed by atoms with van der Waals surface area (Å²) in [5.41, 5.74) is 2.69. The van der Waals surface area contributed by atoms with Gasteiger partial charge in [0, 0.05) is 4.47 Å². The summed E-state index contributed by atoms with van der Waals surface area (Å²) < 4.78 is 12.7. The SMILES string of the molecule is CCOc1cc(/C=C(\C#N)C(=O)N[C@H](C)c2ccccc2)ccc1OCc1ccc(Br)cc1. The van der Waals surface area contributed by atoms with Gasteiger partial charge in [0.25, 0.3) is 5.91 Å². The minimum absolute atomic E-state index is 0.0174. The van der Waals surface area contributed by atoms with Crippen molar-refractivity contribution in [2.24, 2.45) is 0 Å². The molecule has 3 rings (SSSR count). The molecule has 0 saturated heterocycles. The number of amides is 1. The molecule has 0 heterocycles. The minimum Gasteiger partial charge on any atom is -0.490 e. The summed E-state index contributed by atoms with van der Waals surface area (Å²) in [5, 5.41) is 12.4. The lowest BCUT2D eigenvalue weighted by atomic mass is 10.1. The molecule has 0 saturated carbocycles. The highest BCUT2D eigenvalue weighted by molar-refractivity contribution is 9.10.